The third kappa shape index (κ3) is 4.00. The van der Waals surface area contributed by atoms with Crippen LogP contribution in [0.15, 0.2) is 6.07 Å². The van der Waals surface area contributed by atoms with Crippen LogP contribution in [0.2, 0.25) is 0 Å². The Morgan fingerprint density at radius 2 is 2.06 bits per heavy atom. The Morgan fingerprint density at radius 3 is 2.61 bits per heavy atom. The maximum atomic E-state index is 9.11. The van der Waals surface area contributed by atoms with Crippen LogP contribution in [-0.4, -0.2) is 28.3 Å². The molecule has 1 aromatic heterocycles. The average Bonchev–Trinajstić information content (AvgIpc) is 2.36. The lowest BCUT2D eigenvalue weighted by Gasteiger charge is -2.17. The van der Waals surface area contributed by atoms with Crippen LogP contribution in [0.25, 0.3) is 0 Å². The molecule has 100 valence electrons. The number of carboxylic acid groups (broad SMARTS) is 1. The number of rotatable bonds is 2. The number of aliphatic hydroxyl groups excluding tert-OH is 1. The fourth-order valence-electron chi connectivity index (χ4n) is 1.95. The van der Waals surface area contributed by atoms with Gasteiger partial charge in [0.15, 0.2) is 0 Å². The summed E-state index contributed by atoms with van der Waals surface area (Å²) in [6, 6.07) is 2.02. The van der Waals surface area contributed by atoms with Crippen LogP contribution < -0.4 is 4.74 Å². The number of pyridine rings is 1. The Morgan fingerprint density at radius 1 is 1.44 bits per heavy atom. The van der Waals surface area contributed by atoms with Crippen LogP contribution in [-0.2, 0) is 24.2 Å². The number of carbonyl (C=O) groups is 1. The molecular weight excluding hydrogens is 234 g/mol. The Bertz CT molecular complexity index is 369. The van der Waals surface area contributed by atoms with E-state index in [0.717, 1.165) is 25.5 Å². The van der Waals surface area contributed by atoms with Gasteiger partial charge in [0.05, 0.1) is 13.7 Å². The molecule has 0 spiro atoms. The van der Waals surface area contributed by atoms with E-state index in [4.69, 9.17) is 19.7 Å². The lowest BCUT2D eigenvalue weighted by Crippen LogP contribution is -2.08. The van der Waals surface area contributed by atoms with Gasteiger partial charge in [0.2, 0.25) is 0 Å². The lowest BCUT2D eigenvalue weighted by molar-refractivity contribution is -0.134. The molecule has 0 saturated carbocycles. The highest BCUT2D eigenvalue weighted by atomic mass is 16.5. The Kier molecular flexibility index (Phi) is 5.58. The molecule has 2 rings (SSSR count). The summed E-state index contributed by atoms with van der Waals surface area (Å²) in [5.41, 5.74) is 3.08. The van der Waals surface area contributed by atoms with Crippen molar-refractivity contribution in [1.29, 1.82) is 0 Å². The Labute approximate surface area is 106 Å². The van der Waals surface area contributed by atoms with Crippen molar-refractivity contribution in [3.63, 3.8) is 0 Å². The molecular formula is C13H19NO4. The van der Waals surface area contributed by atoms with E-state index in [1.54, 1.807) is 7.11 Å². The molecule has 0 bridgehead atoms. The van der Waals surface area contributed by atoms with Gasteiger partial charge >= 0.3 is 0 Å². The number of hydrogen-bond acceptors (Lipinski definition) is 4. The van der Waals surface area contributed by atoms with E-state index in [-0.39, 0.29) is 6.61 Å². The number of aromatic nitrogens is 1. The minimum atomic E-state index is -0.833. The number of methoxy groups -OCH3 is 1. The van der Waals surface area contributed by atoms with Gasteiger partial charge in [0.25, 0.3) is 5.97 Å². The van der Waals surface area contributed by atoms with Crippen molar-refractivity contribution >= 4 is 5.97 Å². The largest absolute Gasteiger partial charge is 0.495 e. The second kappa shape index (κ2) is 6.96. The summed E-state index contributed by atoms with van der Waals surface area (Å²) in [6.07, 6.45) is 4.56. The molecule has 0 amide bonds. The zero-order valence-electron chi connectivity index (χ0n) is 10.8. The number of aliphatic hydroxyl groups is 1. The predicted octanol–water partition coefficient (Wildman–Crippen LogP) is 1.55. The molecule has 0 radical (unpaired) electrons. The number of ether oxygens (including phenoxy) is 1. The number of nitrogens with zero attached hydrogens (tertiary/aromatic N) is 1. The number of aryl methyl sites for hydroxylation is 2. The SMILES string of the molecule is CC(=O)O.COc1cc2c(nc1CO)CCCC2. The summed E-state index contributed by atoms with van der Waals surface area (Å²) >= 11 is 0. The van der Waals surface area contributed by atoms with E-state index in [1.807, 2.05) is 6.07 Å². The highest BCUT2D eigenvalue weighted by Crippen LogP contribution is 2.26. The summed E-state index contributed by atoms with van der Waals surface area (Å²) in [7, 11) is 1.62. The minimum Gasteiger partial charge on any atom is -0.495 e. The number of hydrogen-bond donors (Lipinski definition) is 2. The first-order valence-corrected chi connectivity index (χ1v) is 5.94. The quantitative estimate of drug-likeness (QED) is 0.836. The molecule has 18 heavy (non-hydrogen) atoms. The third-order valence-corrected chi connectivity index (χ3v) is 2.71. The summed E-state index contributed by atoms with van der Waals surface area (Å²) in [5.74, 6) is -0.117. The van der Waals surface area contributed by atoms with Crippen LogP contribution in [0.1, 0.15) is 36.7 Å². The van der Waals surface area contributed by atoms with Crippen molar-refractivity contribution in [2.75, 3.05) is 7.11 Å². The molecule has 0 aliphatic heterocycles. The van der Waals surface area contributed by atoms with Crippen LogP contribution in [0.4, 0.5) is 0 Å². The van der Waals surface area contributed by atoms with Gasteiger partial charge in [0, 0.05) is 12.6 Å². The molecule has 1 aromatic rings. The van der Waals surface area contributed by atoms with Crippen LogP contribution in [0, 0.1) is 0 Å². The topological polar surface area (TPSA) is 79.7 Å². The van der Waals surface area contributed by atoms with Crippen LogP contribution in [0.3, 0.4) is 0 Å². The number of fused-ring (bicyclic) bond motifs is 1. The second-order valence-electron chi connectivity index (χ2n) is 4.13. The molecule has 1 aliphatic rings. The average molecular weight is 253 g/mol. The number of carboxylic acids is 1. The summed E-state index contributed by atoms with van der Waals surface area (Å²) in [4.78, 5) is 13.4. The van der Waals surface area contributed by atoms with E-state index in [9.17, 15) is 0 Å². The summed E-state index contributed by atoms with van der Waals surface area (Å²) in [5, 5.41) is 16.5. The normalized spacial score (nSPS) is 13.1. The van der Waals surface area contributed by atoms with E-state index in [0.29, 0.717) is 11.4 Å². The minimum absolute atomic E-state index is 0.0452. The van der Waals surface area contributed by atoms with E-state index >= 15 is 0 Å². The van der Waals surface area contributed by atoms with Gasteiger partial charge in [-0.15, -0.1) is 0 Å². The monoisotopic (exact) mass is 253 g/mol. The van der Waals surface area contributed by atoms with E-state index in [1.165, 1.54) is 18.4 Å². The Hall–Kier alpha value is -1.62. The Balaban J connectivity index is 0.000000357. The highest BCUT2D eigenvalue weighted by Gasteiger charge is 2.14. The summed E-state index contributed by atoms with van der Waals surface area (Å²) < 4.78 is 5.18. The molecule has 1 aliphatic carbocycles. The molecule has 0 saturated heterocycles. The molecule has 0 fully saturated rings. The van der Waals surface area contributed by atoms with Crippen molar-refractivity contribution in [3.8, 4) is 5.75 Å². The second-order valence-corrected chi connectivity index (χ2v) is 4.13. The van der Waals surface area contributed by atoms with Crippen LogP contribution >= 0.6 is 0 Å². The van der Waals surface area contributed by atoms with Gasteiger partial charge in [-0.2, -0.15) is 0 Å². The van der Waals surface area contributed by atoms with Crippen molar-refractivity contribution in [3.05, 3.63) is 23.0 Å². The van der Waals surface area contributed by atoms with Gasteiger partial charge in [-0.25, -0.2) is 0 Å². The van der Waals surface area contributed by atoms with Crippen molar-refractivity contribution < 1.29 is 19.7 Å². The molecule has 2 N–H and O–H groups in total. The summed E-state index contributed by atoms with van der Waals surface area (Å²) in [6.45, 7) is 1.04. The number of aliphatic carboxylic acids is 1. The molecule has 0 atom stereocenters. The van der Waals surface area contributed by atoms with Gasteiger partial charge in [-0.05, 0) is 37.3 Å². The first-order chi connectivity index (χ1) is 8.58. The first-order valence-electron chi connectivity index (χ1n) is 5.94. The highest BCUT2D eigenvalue weighted by molar-refractivity contribution is 5.62. The first kappa shape index (κ1) is 14.4. The lowest BCUT2D eigenvalue weighted by atomic mass is 9.95. The van der Waals surface area contributed by atoms with Crippen LogP contribution in [0.5, 0.6) is 5.75 Å². The molecule has 5 heteroatoms. The van der Waals surface area contributed by atoms with E-state index < -0.39 is 5.97 Å². The molecule has 0 unspecified atom stereocenters. The third-order valence-electron chi connectivity index (χ3n) is 2.71. The maximum absolute atomic E-state index is 9.11. The zero-order valence-corrected chi connectivity index (χ0v) is 10.8. The molecule has 5 nitrogen and oxygen atoms in total. The predicted molar refractivity (Wildman–Crippen MR) is 66.7 cm³/mol. The van der Waals surface area contributed by atoms with Crippen molar-refractivity contribution in [2.45, 2.75) is 39.2 Å². The van der Waals surface area contributed by atoms with Gasteiger partial charge in [-0.1, -0.05) is 0 Å². The van der Waals surface area contributed by atoms with Crippen molar-refractivity contribution in [1.82, 2.24) is 4.98 Å². The molecule has 0 aromatic carbocycles. The fraction of sp³-hybridized carbons (Fsp3) is 0.538. The van der Waals surface area contributed by atoms with Gasteiger partial charge < -0.3 is 14.9 Å². The molecule has 1 heterocycles. The maximum Gasteiger partial charge on any atom is 0.300 e. The van der Waals surface area contributed by atoms with Crippen molar-refractivity contribution in [2.24, 2.45) is 0 Å². The van der Waals surface area contributed by atoms with Gasteiger partial charge in [-0.3, -0.25) is 9.78 Å². The van der Waals surface area contributed by atoms with Gasteiger partial charge in [0.1, 0.15) is 11.4 Å². The smallest absolute Gasteiger partial charge is 0.300 e. The zero-order chi connectivity index (χ0) is 13.5. The fourth-order valence-corrected chi connectivity index (χ4v) is 1.95. The van der Waals surface area contributed by atoms with E-state index in [2.05, 4.69) is 4.98 Å². The standard InChI is InChI=1S/C11H15NO2.C2H4O2/c1-14-11-6-8-4-2-3-5-9(8)12-10(11)7-13;1-2(3)4/h6,13H,2-5,7H2,1H3;1H3,(H,3,4).